The minimum absolute atomic E-state index is 0.279. The smallest absolute Gasteiger partial charge is 0.130 e. The summed E-state index contributed by atoms with van der Waals surface area (Å²) in [5, 5.41) is 4.25. The molecule has 4 nitrogen and oxygen atoms in total. The fourth-order valence-corrected chi connectivity index (χ4v) is 1.96. The average Bonchev–Trinajstić information content (AvgIpc) is 2.66. The van der Waals surface area contributed by atoms with Crippen LogP contribution in [0.1, 0.15) is 29.9 Å². The molecule has 19 heavy (non-hydrogen) atoms. The number of ether oxygens (including phenoxy) is 1. The minimum atomic E-state index is -0.309. The van der Waals surface area contributed by atoms with Gasteiger partial charge in [-0.2, -0.15) is 5.10 Å². The van der Waals surface area contributed by atoms with Gasteiger partial charge in [-0.15, -0.1) is 0 Å². The fraction of sp³-hybridized carbons (Fsp3) is 0.357. The van der Waals surface area contributed by atoms with E-state index in [1.165, 1.54) is 12.1 Å². The molecule has 0 radical (unpaired) electrons. The monoisotopic (exact) mass is 263 g/mol. The number of aromatic nitrogens is 2. The van der Waals surface area contributed by atoms with Crippen LogP contribution >= 0.6 is 0 Å². The lowest BCUT2D eigenvalue weighted by atomic mass is 10.1. The molecule has 0 fully saturated rings. The zero-order chi connectivity index (χ0) is 14.0. The van der Waals surface area contributed by atoms with Crippen molar-refractivity contribution in [1.82, 2.24) is 9.78 Å². The third-order valence-electron chi connectivity index (χ3n) is 2.94. The first-order chi connectivity index (χ1) is 8.97. The van der Waals surface area contributed by atoms with Crippen molar-refractivity contribution in [3.8, 4) is 5.75 Å². The van der Waals surface area contributed by atoms with Gasteiger partial charge in [0.15, 0.2) is 0 Å². The Morgan fingerprint density at radius 2 is 2.16 bits per heavy atom. The van der Waals surface area contributed by atoms with Crippen LogP contribution in [-0.4, -0.2) is 9.78 Å². The van der Waals surface area contributed by atoms with Crippen molar-refractivity contribution in [3.05, 3.63) is 47.0 Å². The molecule has 2 N–H and O–H groups in total. The molecule has 1 aromatic heterocycles. The Morgan fingerprint density at radius 1 is 1.42 bits per heavy atom. The third kappa shape index (κ3) is 3.12. The van der Waals surface area contributed by atoms with E-state index in [1.54, 1.807) is 17.7 Å². The van der Waals surface area contributed by atoms with Crippen LogP contribution in [0.2, 0.25) is 0 Å². The quantitative estimate of drug-likeness (QED) is 0.922. The van der Waals surface area contributed by atoms with Crippen LogP contribution < -0.4 is 10.5 Å². The summed E-state index contributed by atoms with van der Waals surface area (Å²) in [5.41, 5.74) is 8.38. The second-order valence-electron chi connectivity index (χ2n) is 4.66. The standard InChI is InChI=1S/C14H18FN3O/c1-9-6-12(18(3)17-9)8-19-14-5-4-11(15)7-13(14)10(2)16/h4-7,10H,8,16H2,1-3H3/t10-/m1/s1. The lowest BCUT2D eigenvalue weighted by molar-refractivity contribution is 0.290. The first-order valence-electron chi connectivity index (χ1n) is 6.14. The summed E-state index contributed by atoms with van der Waals surface area (Å²) in [6.45, 7) is 4.10. The van der Waals surface area contributed by atoms with Gasteiger partial charge >= 0.3 is 0 Å². The van der Waals surface area contributed by atoms with Gasteiger partial charge in [-0.3, -0.25) is 4.68 Å². The molecule has 0 saturated carbocycles. The minimum Gasteiger partial charge on any atom is -0.487 e. The van der Waals surface area contributed by atoms with Crippen LogP contribution in [0.5, 0.6) is 5.75 Å². The molecule has 1 aromatic carbocycles. The van der Waals surface area contributed by atoms with Crippen molar-refractivity contribution in [1.29, 1.82) is 0 Å². The molecule has 0 amide bonds. The van der Waals surface area contributed by atoms with Crippen LogP contribution in [0.25, 0.3) is 0 Å². The average molecular weight is 263 g/mol. The first kappa shape index (κ1) is 13.5. The maximum Gasteiger partial charge on any atom is 0.130 e. The number of aryl methyl sites for hydroxylation is 2. The van der Waals surface area contributed by atoms with Crippen LogP contribution in [0.4, 0.5) is 4.39 Å². The molecule has 0 aliphatic rings. The second-order valence-corrected chi connectivity index (χ2v) is 4.66. The Balaban J connectivity index is 2.17. The van der Waals surface area contributed by atoms with E-state index in [0.29, 0.717) is 17.9 Å². The molecule has 0 unspecified atom stereocenters. The Labute approximate surface area is 112 Å². The Morgan fingerprint density at radius 3 is 2.74 bits per heavy atom. The van der Waals surface area contributed by atoms with Gasteiger partial charge in [-0.25, -0.2) is 4.39 Å². The van der Waals surface area contributed by atoms with E-state index in [4.69, 9.17) is 10.5 Å². The molecule has 0 aliphatic heterocycles. The van der Waals surface area contributed by atoms with Crippen LogP contribution in [0, 0.1) is 12.7 Å². The number of hydrogen-bond donors (Lipinski definition) is 1. The Kier molecular flexibility index (Phi) is 3.85. The molecule has 1 heterocycles. The van der Waals surface area contributed by atoms with Crippen molar-refractivity contribution >= 4 is 0 Å². The van der Waals surface area contributed by atoms with Gasteiger partial charge in [0.2, 0.25) is 0 Å². The molecule has 1 atom stereocenters. The molecule has 2 rings (SSSR count). The van der Waals surface area contributed by atoms with E-state index in [2.05, 4.69) is 5.10 Å². The number of nitrogens with two attached hydrogens (primary N) is 1. The van der Waals surface area contributed by atoms with Crippen molar-refractivity contribution in [3.63, 3.8) is 0 Å². The lowest BCUT2D eigenvalue weighted by Gasteiger charge is -2.14. The number of benzene rings is 1. The molecular weight excluding hydrogens is 245 g/mol. The first-order valence-corrected chi connectivity index (χ1v) is 6.14. The van der Waals surface area contributed by atoms with Gasteiger partial charge in [0, 0.05) is 18.7 Å². The zero-order valence-corrected chi connectivity index (χ0v) is 11.4. The summed E-state index contributed by atoms with van der Waals surface area (Å²) in [6.07, 6.45) is 0. The molecule has 5 heteroatoms. The summed E-state index contributed by atoms with van der Waals surface area (Å²) in [7, 11) is 1.86. The van der Waals surface area contributed by atoms with Gasteiger partial charge in [0.1, 0.15) is 18.2 Å². The second kappa shape index (κ2) is 5.40. The number of nitrogens with zero attached hydrogens (tertiary/aromatic N) is 2. The van der Waals surface area contributed by atoms with Crippen molar-refractivity contribution < 1.29 is 9.13 Å². The Bertz CT molecular complexity index is 578. The number of halogens is 1. The third-order valence-corrected chi connectivity index (χ3v) is 2.94. The highest BCUT2D eigenvalue weighted by Gasteiger charge is 2.11. The number of hydrogen-bond acceptors (Lipinski definition) is 3. The highest BCUT2D eigenvalue weighted by Crippen LogP contribution is 2.25. The summed E-state index contributed by atoms with van der Waals surface area (Å²) < 4.78 is 20.7. The normalized spacial score (nSPS) is 12.5. The van der Waals surface area contributed by atoms with Crippen LogP contribution in [0.15, 0.2) is 24.3 Å². The maximum absolute atomic E-state index is 13.2. The van der Waals surface area contributed by atoms with E-state index in [1.807, 2.05) is 20.0 Å². The van der Waals surface area contributed by atoms with Crippen LogP contribution in [0.3, 0.4) is 0 Å². The fourth-order valence-electron chi connectivity index (χ4n) is 1.96. The largest absolute Gasteiger partial charge is 0.487 e. The summed E-state index contributed by atoms with van der Waals surface area (Å²) >= 11 is 0. The molecule has 102 valence electrons. The highest BCUT2D eigenvalue weighted by atomic mass is 19.1. The van der Waals surface area contributed by atoms with E-state index in [9.17, 15) is 4.39 Å². The highest BCUT2D eigenvalue weighted by molar-refractivity contribution is 5.36. The van der Waals surface area contributed by atoms with Crippen LogP contribution in [-0.2, 0) is 13.7 Å². The zero-order valence-electron chi connectivity index (χ0n) is 11.4. The molecule has 0 spiro atoms. The summed E-state index contributed by atoms with van der Waals surface area (Å²) in [6, 6.07) is 6.07. The van der Waals surface area contributed by atoms with E-state index >= 15 is 0 Å². The van der Waals surface area contributed by atoms with Gasteiger partial charge in [0.25, 0.3) is 0 Å². The van der Waals surface area contributed by atoms with E-state index < -0.39 is 0 Å². The van der Waals surface area contributed by atoms with Gasteiger partial charge in [-0.05, 0) is 38.1 Å². The SMILES string of the molecule is Cc1cc(COc2ccc(F)cc2[C@@H](C)N)n(C)n1. The predicted molar refractivity (Wildman–Crippen MR) is 71.3 cm³/mol. The van der Waals surface area contributed by atoms with Crippen molar-refractivity contribution in [2.75, 3.05) is 0 Å². The molecular formula is C14H18FN3O. The van der Waals surface area contributed by atoms with Gasteiger partial charge in [-0.1, -0.05) is 0 Å². The maximum atomic E-state index is 13.2. The number of rotatable bonds is 4. The van der Waals surface area contributed by atoms with E-state index in [-0.39, 0.29) is 11.9 Å². The predicted octanol–water partition coefficient (Wildman–Crippen LogP) is 2.47. The Hall–Kier alpha value is -1.88. The summed E-state index contributed by atoms with van der Waals surface area (Å²) in [4.78, 5) is 0. The molecule has 2 aromatic rings. The topological polar surface area (TPSA) is 53.1 Å². The molecule has 0 aliphatic carbocycles. The lowest BCUT2D eigenvalue weighted by Crippen LogP contribution is -2.09. The van der Waals surface area contributed by atoms with E-state index in [0.717, 1.165) is 11.4 Å². The van der Waals surface area contributed by atoms with Gasteiger partial charge in [0.05, 0.1) is 11.4 Å². The van der Waals surface area contributed by atoms with Crippen molar-refractivity contribution in [2.24, 2.45) is 12.8 Å². The van der Waals surface area contributed by atoms with Gasteiger partial charge < -0.3 is 10.5 Å². The molecule has 0 saturated heterocycles. The molecule has 0 bridgehead atoms. The van der Waals surface area contributed by atoms with Crippen molar-refractivity contribution in [2.45, 2.75) is 26.5 Å². The summed E-state index contributed by atoms with van der Waals surface area (Å²) in [5.74, 6) is 0.297.